The molecule has 1 amide bonds. The van der Waals surface area contributed by atoms with Crippen LogP contribution in [0.5, 0.6) is 0 Å². The first-order chi connectivity index (χ1) is 14.5. The van der Waals surface area contributed by atoms with Gasteiger partial charge >= 0.3 is 0 Å². The number of likely N-dealkylation sites (N-methyl/N-ethyl adjacent to an activating group) is 1. The number of nitrogens with zero attached hydrogens (tertiary/aromatic N) is 3. The normalized spacial score (nSPS) is 10.6. The fraction of sp³-hybridized carbons (Fsp3) is 0.227. The number of nitrogens with one attached hydrogen (secondary N) is 1. The van der Waals surface area contributed by atoms with Crippen molar-refractivity contribution in [2.24, 2.45) is 0 Å². The van der Waals surface area contributed by atoms with Gasteiger partial charge in [-0.1, -0.05) is 54.1 Å². The quantitative estimate of drug-likeness (QED) is 0.598. The Hall–Kier alpha value is -3.19. The molecule has 0 aliphatic rings. The highest BCUT2D eigenvalue weighted by atomic mass is 35.5. The van der Waals surface area contributed by atoms with E-state index in [9.17, 15) is 14.0 Å². The molecule has 0 unspecified atom stereocenters. The molecule has 0 aliphatic heterocycles. The lowest BCUT2D eigenvalue weighted by atomic mass is 10.2. The third-order valence-electron chi connectivity index (χ3n) is 4.60. The summed E-state index contributed by atoms with van der Waals surface area (Å²) in [6.45, 7) is 2.93. The Morgan fingerprint density at radius 2 is 1.83 bits per heavy atom. The van der Waals surface area contributed by atoms with E-state index in [2.05, 4.69) is 10.4 Å². The summed E-state index contributed by atoms with van der Waals surface area (Å²) < 4.78 is 14.3. The van der Waals surface area contributed by atoms with Crippen molar-refractivity contribution < 1.29 is 9.18 Å². The van der Waals surface area contributed by atoms with Crippen LogP contribution in [0.3, 0.4) is 0 Å². The maximum Gasteiger partial charge on any atom is 0.287 e. The zero-order chi connectivity index (χ0) is 21.5. The maximum absolute atomic E-state index is 13.0. The van der Waals surface area contributed by atoms with Crippen molar-refractivity contribution in [1.29, 1.82) is 0 Å². The van der Waals surface area contributed by atoms with Crippen molar-refractivity contribution in [1.82, 2.24) is 15.1 Å². The third kappa shape index (κ3) is 5.45. The second kappa shape index (κ2) is 10.0. The summed E-state index contributed by atoms with van der Waals surface area (Å²) in [5.41, 5.74) is 1.72. The molecule has 156 valence electrons. The molecular formula is C22H22ClFN4O2. The minimum atomic E-state index is -0.414. The Kier molecular flexibility index (Phi) is 7.19. The highest BCUT2D eigenvalue weighted by Gasteiger charge is 2.17. The molecule has 1 heterocycles. The van der Waals surface area contributed by atoms with E-state index in [0.717, 1.165) is 11.1 Å². The van der Waals surface area contributed by atoms with Crippen LogP contribution < -0.4 is 15.8 Å². The number of amides is 1. The van der Waals surface area contributed by atoms with Gasteiger partial charge in [0.1, 0.15) is 10.8 Å². The minimum Gasteiger partial charge on any atom is -0.360 e. The van der Waals surface area contributed by atoms with Gasteiger partial charge in [-0.15, -0.1) is 0 Å². The van der Waals surface area contributed by atoms with Gasteiger partial charge in [-0.3, -0.25) is 9.59 Å². The van der Waals surface area contributed by atoms with E-state index in [1.54, 1.807) is 17.0 Å². The monoisotopic (exact) mass is 428 g/mol. The van der Waals surface area contributed by atoms with Gasteiger partial charge in [0.05, 0.1) is 25.0 Å². The van der Waals surface area contributed by atoms with Crippen molar-refractivity contribution in [3.05, 3.63) is 93.1 Å². The Morgan fingerprint density at radius 3 is 2.50 bits per heavy atom. The molecule has 0 atom stereocenters. The number of aromatic nitrogens is 2. The van der Waals surface area contributed by atoms with Gasteiger partial charge in [-0.05, 0) is 30.2 Å². The van der Waals surface area contributed by atoms with Crippen LogP contribution in [0.15, 0.2) is 65.6 Å². The van der Waals surface area contributed by atoms with Crippen molar-refractivity contribution in [3.8, 4) is 0 Å². The van der Waals surface area contributed by atoms with Crippen molar-refractivity contribution in [3.63, 3.8) is 0 Å². The van der Waals surface area contributed by atoms with Crippen molar-refractivity contribution in [2.45, 2.75) is 20.0 Å². The first-order valence-corrected chi connectivity index (χ1v) is 9.91. The lowest BCUT2D eigenvalue weighted by molar-refractivity contribution is -0.119. The molecule has 3 aromatic rings. The summed E-state index contributed by atoms with van der Waals surface area (Å²) in [6, 6.07) is 15.4. The third-order valence-corrected chi connectivity index (χ3v) is 4.96. The van der Waals surface area contributed by atoms with Gasteiger partial charge in [-0.2, -0.15) is 5.10 Å². The number of carbonyl (C=O) groups is 1. The highest BCUT2D eigenvalue weighted by Crippen LogP contribution is 2.20. The molecular weight excluding hydrogens is 407 g/mol. The van der Waals surface area contributed by atoms with Gasteiger partial charge in [0, 0.05) is 13.1 Å². The Bertz CT molecular complexity index is 1050. The first-order valence-electron chi connectivity index (χ1n) is 9.53. The van der Waals surface area contributed by atoms with Gasteiger partial charge in [0.2, 0.25) is 5.91 Å². The Labute approximate surface area is 178 Å². The number of halogens is 2. The van der Waals surface area contributed by atoms with E-state index in [1.165, 1.54) is 23.0 Å². The SMILES string of the molecule is CCN(CC(=O)NCc1ccc(F)cc1)c1cnn(Cc2ccccc2)c(=O)c1Cl. The summed E-state index contributed by atoms with van der Waals surface area (Å²) in [5.74, 6) is -0.572. The molecule has 0 radical (unpaired) electrons. The lowest BCUT2D eigenvalue weighted by Gasteiger charge is -2.23. The Morgan fingerprint density at radius 1 is 1.13 bits per heavy atom. The Balaban J connectivity index is 1.68. The van der Waals surface area contributed by atoms with Crippen molar-refractivity contribution in [2.75, 3.05) is 18.0 Å². The van der Waals surface area contributed by atoms with Gasteiger partial charge in [-0.25, -0.2) is 9.07 Å². The zero-order valence-corrected chi connectivity index (χ0v) is 17.3. The molecule has 0 bridgehead atoms. The van der Waals surface area contributed by atoms with E-state index >= 15 is 0 Å². The van der Waals surface area contributed by atoms with Crippen LogP contribution in [0.25, 0.3) is 0 Å². The number of carbonyl (C=O) groups excluding carboxylic acids is 1. The molecule has 0 spiro atoms. The van der Waals surface area contributed by atoms with Crippen LogP contribution in [0.4, 0.5) is 10.1 Å². The van der Waals surface area contributed by atoms with Crippen LogP contribution >= 0.6 is 11.6 Å². The van der Waals surface area contributed by atoms with Gasteiger partial charge in [0.15, 0.2) is 0 Å². The first kappa shape index (κ1) is 21.5. The van der Waals surface area contributed by atoms with Crippen LogP contribution in [0, 0.1) is 5.82 Å². The largest absolute Gasteiger partial charge is 0.360 e. The van der Waals surface area contributed by atoms with Crippen LogP contribution in [-0.4, -0.2) is 28.8 Å². The van der Waals surface area contributed by atoms with E-state index in [0.29, 0.717) is 18.8 Å². The number of benzene rings is 2. The zero-order valence-electron chi connectivity index (χ0n) is 16.5. The van der Waals surface area contributed by atoms with E-state index < -0.39 is 5.56 Å². The smallest absolute Gasteiger partial charge is 0.287 e. The summed E-state index contributed by atoms with van der Waals surface area (Å²) >= 11 is 6.33. The maximum atomic E-state index is 13.0. The average Bonchev–Trinajstić information content (AvgIpc) is 2.76. The molecule has 0 saturated heterocycles. The van der Waals surface area contributed by atoms with Gasteiger partial charge in [0.25, 0.3) is 5.56 Å². The summed E-state index contributed by atoms with van der Waals surface area (Å²) in [6.07, 6.45) is 1.50. The van der Waals surface area contributed by atoms with Crippen LogP contribution in [0.1, 0.15) is 18.1 Å². The standard InChI is InChI=1S/C22H22ClFN4O2/c1-2-27(15-20(29)25-12-16-8-10-18(24)11-9-16)19-13-26-28(22(30)21(19)23)14-17-6-4-3-5-7-17/h3-11,13H,2,12,14-15H2,1H3,(H,25,29). The van der Waals surface area contributed by atoms with E-state index in [1.807, 2.05) is 37.3 Å². The van der Waals surface area contributed by atoms with Crippen molar-refractivity contribution >= 4 is 23.2 Å². The molecule has 0 aliphatic carbocycles. The molecule has 0 fully saturated rings. The molecule has 3 rings (SSSR count). The number of anilines is 1. The summed E-state index contributed by atoms with van der Waals surface area (Å²) in [7, 11) is 0. The number of hydrogen-bond acceptors (Lipinski definition) is 4. The predicted octanol–water partition coefficient (Wildman–Crippen LogP) is 3.23. The second-order valence-electron chi connectivity index (χ2n) is 6.71. The van der Waals surface area contributed by atoms with Crippen LogP contribution in [-0.2, 0) is 17.9 Å². The molecule has 30 heavy (non-hydrogen) atoms. The average molecular weight is 429 g/mol. The highest BCUT2D eigenvalue weighted by molar-refractivity contribution is 6.33. The topological polar surface area (TPSA) is 67.2 Å². The fourth-order valence-corrected chi connectivity index (χ4v) is 3.21. The molecule has 0 saturated carbocycles. The fourth-order valence-electron chi connectivity index (χ4n) is 2.95. The van der Waals surface area contributed by atoms with Crippen LogP contribution in [0.2, 0.25) is 5.02 Å². The van der Waals surface area contributed by atoms with E-state index in [-0.39, 0.29) is 29.8 Å². The molecule has 6 nitrogen and oxygen atoms in total. The van der Waals surface area contributed by atoms with E-state index in [4.69, 9.17) is 11.6 Å². The molecule has 2 aromatic carbocycles. The predicted molar refractivity (Wildman–Crippen MR) is 115 cm³/mol. The minimum absolute atomic E-state index is 0.0151. The lowest BCUT2D eigenvalue weighted by Crippen LogP contribution is -2.38. The summed E-state index contributed by atoms with van der Waals surface area (Å²) in [4.78, 5) is 26.7. The molecule has 1 N–H and O–H groups in total. The molecule has 8 heteroatoms. The number of rotatable bonds is 8. The second-order valence-corrected chi connectivity index (χ2v) is 7.09. The van der Waals surface area contributed by atoms with Gasteiger partial charge < -0.3 is 10.2 Å². The summed E-state index contributed by atoms with van der Waals surface area (Å²) in [5, 5.41) is 7.03. The molecule has 1 aromatic heterocycles. The number of hydrogen-bond donors (Lipinski definition) is 1.